The number of guanidine groups is 1. The number of ether oxygens (including phenoxy) is 4. The Morgan fingerprint density at radius 3 is 2.57 bits per heavy atom. The van der Waals surface area contributed by atoms with E-state index in [-0.39, 0.29) is 19.1 Å². The first kappa shape index (κ1) is 21.5. The second-order valence-corrected chi connectivity index (χ2v) is 6.61. The van der Waals surface area contributed by atoms with Crippen LogP contribution in [0.25, 0.3) is 0 Å². The van der Waals surface area contributed by atoms with Crippen LogP contribution in [0.2, 0.25) is 0 Å². The van der Waals surface area contributed by atoms with E-state index in [1.807, 2.05) is 19.1 Å². The van der Waals surface area contributed by atoms with Gasteiger partial charge in [-0.3, -0.25) is 4.99 Å². The van der Waals surface area contributed by atoms with Crippen LogP contribution in [0, 0.1) is 6.92 Å². The van der Waals surface area contributed by atoms with Crippen molar-refractivity contribution >= 4 is 5.96 Å². The number of benzene rings is 2. The number of hydrogen-bond donors (Lipinski definition) is 2. The van der Waals surface area contributed by atoms with Gasteiger partial charge < -0.3 is 29.6 Å². The van der Waals surface area contributed by atoms with Gasteiger partial charge in [0.2, 0.25) is 6.79 Å². The van der Waals surface area contributed by atoms with E-state index >= 15 is 0 Å². The van der Waals surface area contributed by atoms with Gasteiger partial charge in [-0.2, -0.15) is 8.78 Å². The number of halogens is 2. The first-order valence-electron chi connectivity index (χ1n) is 9.45. The zero-order valence-electron chi connectivity index (χ0n) is 17.1. The SMILES string of the molecule is CN=C(NCCc1cc(C)ccc1OC)NCc1cc2c(cc1OC(F)F)OCO2. The summed E-state index contributed by atoms with van der Waals surface area (Å²) in [7, 11) is 3.28. The molecule has 7 nitrogen and oxygen atoms in total. The molecule has 30 heavy (non-hydrogen) atoms. The fourth-order valence-corrected chi connectivity index (χ4v) is 3.13. The van der Waals surface area contributed by atoms with Crippen molar-refractivity contribution in [3.63, 3.8) is 0 Å². The van der Waals surface area contributed by atoms with Crippen molar-refractivity contribution in [3.05, 3.63) is 47.0 Å². The molecule has 0 atom stereocenters. The number of nitrogens with one attached hydrogen (secondary N) is 2. The van der Waals surface area contributed by atoms with Gasteiger partial charge in [-0.1, -0.05) is 17.7 Å². The monoisotopic (exact) mass is 421 g/mol. The first-order valence-corrected chi connectivity index (χ1v) is 9.45. The molecule has 0 bridgehead atoms. The van der Waals surface area contributed by atoms with Crippen molar-refractivity contribution in [2.45, 2.75) is 26.5 Å². The van der Waals surface area contributed by atoms with Gasteiger partial charge in [0.1, 0.15) is 11.5 Å². The zero-order valence-corrected chi connectivity index (χ0v) is 17.1. The Kier molecular flexibility index (Phi) is 7.16. The smallest absolute Gasteiger partial charge is 0.387 e. The van der Waals surface area contributed by atoms with Gasteiger partial charge in [-0.25, -0.2) is 0 Å². The molecule has 0 fully saturated rings. The van der Waals surface area contributed by atoms with Crippen LogP contribution < -0.4 is 29.6 Å². The number of aryl methyl sites for hydroxylation is 1. The standard InChI is InChI=1S/C21H25F2N3O4/c1-13-4-5-16(27-3)14(8-13)6-7-25-21(24-2)26-11-15-9-18-19(29-12-28-18)10-17(15)30-20(22)23/h4-5,8-10,20H,6-7,11-12H2,1-3H3,(H2,24,25,26). The van der Waals surface area contributed by atoms with E-state index in [0.717, 1.165) is 23.3 Å². The highest BCUT2D eigenvalue weighted by atomic mass is 19.3. The lowest BCUT2D eigenvalue weighted by Crippen LogP contribution is -2.38. The van der Waals surface area contributed by atoms with E-state index < -0.39 is 6.61 Å². The Morgan fingerprint density at radius 2 is 1.87 bits per heavy atom. The molecule has 0 spiro atoms. The summed E-state index contributed by atoms with van der Waals surface area (Å²) < 4.78 is 46.1. The molecule has 0 radical (unpaired) electrons. The number of fused-ring (bicyclic) bond motifs is 1. The Bertz CT molecular complexity index is 906. The summed E-state index contributed by atoms with van der Waals surface area (Å²) in [5, 5.41) is 6.31. The van der Waals surface area contributed by atoms with Crippen LogP contribution in [-0.4, -0.2) is 40.1 Å². The maximum Gasteiger partial charge on any atom is 0.387 e. The second kappa shape index (κ2) is 10.00. The third-order valence-corrected chi connectivity index (χ3v) is 4.56. The van der Waals surface area contributed by atoms with E-state index in [1.165, 1.54) is 6.07 Å². The topological polar surface area (TPSA) is 73.3 Å². The number of methoxy groups -OCH3 is 1. The minimum absolute atomic E-state index is 0.0294. The number of rotatable bonds is 8. The van der Waals surface area contributed by atoms with Gasteiger partial charge in [0.25, 0.3) is 0 Å². The van der Waals surface area contributed by atoms with Crippen molar-refractivity contribution in [1.82, 2.24) is 10.6 Å². The number of aliphatic imine (C=N–C) groups is 1. The van der Waals surface area contributed by atoms with E-state index in [1.54, 1.807) is 20.2 Å². The van der Waals surface area contributed by atoms with Gasteiger partial charge in [0.05, 0.1) is 7.11 Å². The molecule has 0 saturated heterocycles. The van der Waals surface area contributed by atoms with Crippen molar-refractivity contribution in [2.75, 3.05) is 27.5 Å². The van der Waals surface area contributed by atoms with Gasteiger partial charge in [0, 0.05) is 31.8 Å². The summed E-state index contributed by atoms with van der Waals surface area (Å²) in [6, 6.07) is 9.06. The first-order chi connectivity index (χ1) is 14.5. The molecule has 162 valence electrons. The highest BCUT2D eigenvalue weighted by molar-refractivity contribution is 5.79. The fraction of sp³-hybridized carbons (Fsp3) is 0.381. The van der Waals surface area contributed by atoms with Crippen LogP contribution in [-0.2, 0) is 13.0 Å². The molecule has 9 heteroatoms. The largest absolute Gasteiger partial charge is 0.496 e. The van der Waals surface area contributed by atoms with Crippen LogP contribution in [0.5, 0.6) is 23.0 Å². The molecule has 2 N–H and O–H groups in total. The number of hydrogen-bond acceptors (Lipinski definition) is 5. The average Bonchev–Trinajstić information content (AvgIpc) is 3.17. The van der Waals surface area contributed by atoms with Crippen molar-refractivity contribution in [3.8, 4) is 23.0 Å². The zero-order chi connectivity index (χ0) is 21.5. The Balaban J connectivity index is 1.60. The third-order valence-electron chi connectivity index (χ3n) is 4.56. The van der Waals surface area contributed by atoms with Crippen LogP contribution in [0.1, 0.15) is 16.7 Å². The van der Waals surface area contributed by atoms with Gasteiger partial charge >= 0.3 is 6.61 Å². The molecular formula is C21H25F2N3O4. The van der Waals surface area contributed by atoms with Crippen LogP contribution in [0.4, 0.5) is 8.78 Å². The average molecular weight is 421 g/mol. The van der Waals surface area contributed by atoms with Crippen LogP contribution in [0.15, 0.2) is 35.3 Å². The summed E-state index contributed by atoms with van der Waals surface area (Å²) in [4.78, 5) is 4.18. The summed E-state index contributed by atoms with van der Waals surface area (Å²) in [5.41, 5.74) is 2.74. The maximum atomic E-state index is 12.8. The lowest BCUT2D eigenvalue weighted by atomic mass is 10.1. The molecule has 2 aromatic rings. The van der Waals surface area contributed by atoms with Crippen molar-refractivity contribution in [2.24, 2.45) is 4.99 Å². The molecular weight excluding hydrogens is 396 g/mol. The highest BCUT2D eigenvalue weighted by Crippen LogP contribution is 2.38. The van der Waals surface area contributed by atoms with Crippen molar-refractivity contribution in [1.29, 1.82) is 0 Å². The lowest BCUT2D eigenvalue weighted by molar-refractivity contribution is -0.0505. The van der Waals surface area contributed by atoms with Crippen molar-refractivity contribution < 1.29 is 27.7 Å². The predicted octanol–water partition coefficient (Wildman–Crippen LogP) is 3.24. The third kappa shape index (κ3) is 5.43. The van der Waals surface area contributed by atoms with Gasteiger partial charge in [0.15, 0.2) is 17.5 Å². The van der Waals surface area contributed by atoms with Crippen LogP contribution in [0.3, 0.4) is 0 Å². The second-order valence-electron chi connectivity index (χ2n) is 6.61. The Hall–Kier alpha value is -3.23. The van der Waals surface area contributed by atoms with Gasteiger partial charge in [-0.15, -0.1) is 0 Å². The number of alkyl halides is 2. The summed E-state index contributed by atoms with van der Waals surface area (Å²) in [5.74, 6) is 2.26. The molecule has 0 aromatic heterocycles. The molecule has 1 aliphatic rings. The molecule has 3 rings (SSSR count). The van der Waals surface area contributed by atoms with E-state index in [0.29, 0.717) is 29.6 Å². The fourth-order valence-electron chi connectivity index (χ4n) is 3.13. The maximum absolute atomic E-state index is 12.8. The summed E-state index contributed by atoms with van der Waals surface area (Å²) in [6.07, 6.45) is 0.731. The van der Waals surface area contributed by atoms with E-state index in [4.69, 9.17) is 14.2 Å². The molecule has 0 saturated carbocycles. The molecule has 1 heterocycles. The molecule has 1 aliphatic heterocycles. The molecule has 0 aliphatic carbocycles. The minimum atomic E-state index is -2.94. The Morgan fingerprint density at radius 1 is 1.10 bits per heavy atom. The predicted molar refractivity (Wildman–Crippen MR) is 109 cm³/mol. The van der Waals surface area contributed by atoms with Gasteiger partial charge in [-0.05, 0) is 31.0 Å². The lowest BCUT2D eigenvalue weighted by Gasteiger charge is -2.16. The van der Waals surface area contributed by atoms with E-state index in [2.05, 4.69) is 26.4 Å². The number of nitrogens with zero attached hydrogens (tertiary/aromatic N) is 1. The van der Waals surface area contributed by atoms with E-state index in [9.17, 15) is 8.78 Å². The summed E-state index contributed by atoms with van der Waals surface area (Å²) >= 11 is 0. The minimum Gasteiger partial charge on any atom is -0.496 e. The quantitative estimate of drug-likeness (QED) is 0.504. The van der Waals surface area contributed by atoms with Crippen LogP contribution >= 0.6 is 0 Å². The summed E-state index contributed by atoms with van der Waals surface area (Å²) in [6.45, 7) is -0.0358. The highest BCUT2D eigenvalue weighted by Gasteiger charge is 2.20. The molecule has 2 aromatic carbocycles. The molecule has 0 amide bonds. The molecule has 0 unspecified atom stereocenters. The Labute approximate surface area is 174 Å². The normalized spacial score (nSPS) is 12.8.